The molecule has 4 heteroatoms. The molecule has 1 rings (SSSR count). The van der Waals surface area contributed by atoms with E-state index in [0.717, 1.165) is 0 Å². The molecule has 0 aliphatic heterocycles. The molecule has 0 aliphatic carbocycles. The SMILES string of the molecule is CC(N)Cn1cccnc1=O. The van der Waals surface area contributed by atoms with Crippen molar-refractivity contribution in [2.45, 2.75) is 19.5 Å². The quantitative estimate of drug-likeness (QED) is 0.628. The van der Waals surface area contributed by atoms with Crippen LogP contribution in [0.2, 0.25) is 0 Å². The Morgan fingerprint density at radius 3 is 3.09 bits per heavy atom. The molecule has 0 aromatic carbocycles. The maximum Gasteiger partial charge on any atom is 0.347 e. The molecule has 0 saturated heterocycles. The van der Waals surface area contributed by atoms with Gasteiger partial charge in [0.25, 0.3) is 0 Å². The molecule has 0 saturated carbocycles. The van der Waals surface area contributed by atoms with Crippen LogP contribution < -0.4 is 11.4 Å². The van der Waals surface area contributed by atoms with Crippen molar-refractivity contribution in [1.82, 2.24) is 9.55 Å². The maximum absolute atomic E-state index is 11.0. The molecule has 1 atom stereocenters. The summed E-state index contributed by atoms with van der Waals surface area (Å²) in [6.45, 7) is 2.37. The van der Waals surface area contributed by atoms with Crippen LogP contribution in [0.5, 0.6) is 0 Å². The zero-order valence-corrected chi connectivity index (χ0v) is 6.40. The first-order valence-corrected chi connectivity index (χ1v) is 3.47. The van der Waals surface area contributed by atoms with Crippen LogP contribution >= 0.6 is 0 Å². The fourth-order valence-corrected chi connectivity index (χ4v) is 0.836. The summed E-state index contributed by atoms with van der Waals surface area (Å²) in [6.07, 6.45) is 3.15. The Morgan fingerprint density at radius 2 is 2.55 bits per heavy atom. The van der Waals surface area contributed by atoms with Gasteiger partial charge in [0.2, 0.25) is 0 Å². The molecule has 2 N–H and O–H groups in total. The average molecular weight is 153 g/mol. The van der Waals surface area contributed by atoms with E-state index in [2.05, 4.69) is 4.98 Å². The van der Waals surface area contributed by atoms with Crippen molar-refractivity contribution in [2.24, 2.45) is 5.73 Å². The minimum Gasteiger partial charge on any atom is -0.326 e. The number of nitrogens with zero attached hydrogens (tertiary/aromatic N) is 2. The lowest BCUT2D eigenvalue weighted by Gasteiger charge is -2.05. The predicted octanol–water partition coefficient (Wildman–Crippen LogP) is -0.410. The molecule has 4 nitrogen and oxygen atoms in total. The lowest BCUT2D eigenvalue weighted by atomic mass is 10.3. The molecule has 0 spiro atoms. The molecule has 1 aromatic heterocycles. The summed E-state index contributed by atoms with van der Waals surface area (Å²) < 4.78 is 1.49. The zero-order valence-electron chi connectivity index (χ0n) is 6.40. The van der Waals surface area contributed by atoms with E-state index in [4.69, 9.17) is 5.73 Å². The van der Waals surface area contributed by atoms with Crippen LogP contribution in [0.25, 0.3) is 0 Å². The highest BCUT2D eigenvalue weighted by Gasteiger charge is 1.97. The molecule has 11 heavy (non-hydrogen) atoms. The summed E-state index contributed by atoms with van der Waals surface area (Å²) >= 11 is 0. The van der Waals surface area contributed by atoms with Gasteiger partial charge < -0.3 is 5.73 Å². The van der Waals surface area contributed by atoms with E-state index in [-0.39, 0.29) is 11.7 Å². The van der Waals surface area contributed by atoms with Gasteiger partial charge in [0.15, 0.2) is 0 Å². The Kier molecular flexibility index (Phi) is 2.38. The predicted molar refractivity (Wildman–Crippen MR) is 42.1 cm³/mol. The number of hydrogen-bond acceptors (Lipinski definition) is 3. The minimum atomic E-state index is -0.246. The Labute approximate surface area is 64.7 Å². The third-order valence-electron chi connectivity index (χ3n) is 1.27. The summed E-state index contributed by atoms with van der Waals surface area (Å²) in [5, 5.41) is 0. The molecule has 0 fully saturated rings. The van der Waals surface area contributed by atoms with Crippen LogP contribution in [0.3, 0.4) is 0 Å². The van der Waals surface area contributed by atoms with Gasteiger partial charge in [0.1, 0.15) is 0 Å². The summed E-state index contributed by atoms with van der Waals surface area (Å²) in [5.74, 6) is 0. The molecule has 1 unspecified atom stereocenters. The first-order chi connectivity index (χ1) is 5.20. The standard InChI is InChI=1S/C7H11N3O/c1-6(8)5-10-4-2-3-9-7(10)11/h2-4,6H,5,8H2,1H3. The third kappa shape index (κ3) is 2.16. The average Bonchev–Trinajstić information content (AvgIpc) is 1.93. The summed E-state index contributed by atoms with van der Waals surface area (Å²) in [5.41, 5.74) is 5.26. The Balaban J connectivity index is 2.87. The van der Waals surface area contributed by atoms with E-state index < -0.39 is 0 Å². The second-order valence-electron chi connectivity index (χ2n) is 2.53. The van der Waals surface area contributed by atoms with Gasteiger partial charge in [0.05, 0.1) is 0 Å². The largest absolute Gasteiger partial charge is 0.347 e. The van der Waals surface area contributed by atoms with Crippen molar-refractivity contribution in [1.29, 1.82) is 0 Å². The van der Waals surface area contributed by atoms with E-state index in [9.17, 15) is 4.79 Å². The summed E-state index contributed by atoms with van der Waals surface area (Å²) in [4.78, 5) is 14.5. The van der Waals surface area contributed by atoms with E-state index in [1.807, 2.05) is 6.92 Å². The van der Waals surface area contributed by atoms with Crippen molar-refractivity contribution in [3.05, 3.63) is 28.9 Å². The van der Waals surface area contributed by atoms with Crippen molar-refractivity contribution in [2.75, 3.05) is 0 Å². The van der Waals surface area contributed by atoms with Crippen LogP contribution in [-0.2, 0) is 6.54 Å². The fraction of sp³-hybridized carbons (Fsp3) is 0.429. The smallest absolute Gasteiger partial charge is 0.326 e. The van der Waals surface area contributed by atoms with E-state index in [1.165, 1.54) is 10.8 Å². The van der Waals surface area contributed by atoms with E-state index in [0.29, 0.717) is 6.54 Å². The van der Waals surface area contributed by atoms with Crippen LogP contribution in [0, 0.1) is 0 Å². The second kappa shape index (κ2) is 3.30. The van der Waals surface area contributed by atoms with Crippen LogP contribution in [0.15, 0.2) is 23.3 Å². The molecule has 0 radical (unpaired) electrons. The maximum atomic E-state index is 11.0. The van der Waals surface area contributed by atoms with E-state index >= 15 is 0 Å². The van der Waals surface area contributed by atoms with Crippen LogP contribution in [-0.4, -0.2) is 15.6 Å². The van der Waals surface area contributed by atoms with Crippen molar-refractivity contribution < 1.29 is 0 Å². The Hall–Kier alpha value is -1.16. The topological polar surface area (TPSA) is 60.9 Å². The lowest BCUT2D eigenvalue weighted by Crippen LogP contribution is -2.30. The zero-order chi connectivity index (χ0) is 8.27. The van der Waals surface area contributed by atoms with Gasteiger partial charge in [-0.2, -0.15) is 0 Å². The van der Waals surface area contributed by atoms with Crippen molar-refractivity contribution in [3.8, 4) is 0 Å². The van der Waals surface area contributed by atoms with Gasteiger partial charge in [-0.3, -0.25) is 4.57 Å². The Bertz CT molecular complexity index is 279. The number of hydrogen-bond donors (Lipinski definition) is 1. The summed E-state index contributed by atoms with van der Waals surface area (Å²) in [6, 6.07) is 1.70. The third-order valence-corrected chi connectivity index (χ3v) is 1.27. The van der Waals surface area contributed by atoms with Gasteiger partial charge in [-0.25, -0.2) is 9.78 Å². The molecule has 0 aliphatic rings. The van der Waals surface area contributed by atoms with Gasteiger partial charge in [-0.1, -0.05) is 0 Å². The Morgan fingerprint density at radius 1 is 1.82 bits per heavy atom. The van der Waals surface area contributed by atoms with Gasteiger partial charge in [-0.15, -0.1) is 0 Å². The van der Waals surface area contributed by atoms with Crippen LogP contribution in [0.4, 0.5) is 0 Å². The number of aromatic nitrogens is 2. The highest BCUT2D eigenvalue weighted by molar-refractivity contribution is 4.81. The van der Waals surface area contributed by atoms with Crippen molar-refractivity contribution in [3.63, 3.8) is 0 Å². The first-order valence-electron chi connectivity index (χ1n) is 3.47. The lowest BCUT2D eigenvalue weighted by molar-refractivity contribution is 0.563. The molecule has 1 heterocycles. The monoisotopic (exact) mass is 153 g/mol. The second-order valence-corrected chi connectivity index (χ2v) is 2.53. The van der Waals surface area contributed by atoms with Gasteiger partial charge in [0, 0.05) is 25.0 Å². The highest BCUT2D eigenvalue weighted by Crippen LogP contribution is 1.82. The van der Waals surface area contributed by atoms with Gasteiger partial charge in [-0.05, 0) is 13.0 Å². The summed E-state index contributed by atoms with van der Waals surface area (Å²) in [7, 11) is 0. The van der Waals surface area contributed by atoms with Gasteiger partial charge >= 0.3 is 5.69 Å². The molecule has 0 bridgehead atoms. The molecule has 1 aromatic rings. The molecule has 60 valence electrons. The number of rotatable bonds is 2. The normalized spacial score (nSPS) is 12.9. The molecular weight excluding hydrogens is 142 g/mol. The fourth-order valence-electron chi connectivity index (χ4n) is 0.836. The van der Waals surface area contributed by atoms with Crippen LogP contribution in [0.1, 0.15) is 6.92 Å². The van der Waals surface area contributed by atoms with Crippen molar-refractivity contribution >= 4 is 0 Å². The molecule has 0 amide bonds. The number of nitrogens with two attached hydrogens (primary N) is 1. The molecular formula is C7H11N3O. The van der Waals surface area contributed by atoms with E-state index in [1.54, 1.807) is 12.3 Å². The first kappa shape index (κ1) is 7.94. The minimum absolute atomic E-state index is 0.0168. The highest BCUT2D eigenvalue weighted by atomic mass is 16.1.